The molecule has 188 valence electrons. The first kappa shape index (κ1) is 25.2. The van der Waals surface area contributed by atoms with Gasteiger partial charge < -0.3 is 10.0 Å². The van der Waals surface area contributed by atoms with Crippen molar-refractivity contribution < 1.29 is 27.9 Å². The predicted molar refractivity (Wildman–Crippen MR) is 125 cm³/mol. The number of carboxylic acids is 1. The molecule has 2 heterocycles. The summed E-state index contributed by atoms with van der Waals surface area (Å²) in [6.07, 6.45) is -4.07. The maximum atomic E-state index is 13.6. The van der Waals surface area contributed by atoms with Crippen LogP contribution in [0.25, 0.3) is 5.69 Å². The number of benzene rings is 2. The highest BCUT2D eigenvalue weighted by Gasteiger charge is 2.42. The number of alkyl halides is 3. The number of carboxylic acid groups (broad SMARTS) is 1. The number of aromatic nitrogens is 2. The molecule has 0 bridgehead atoms. The van der Waals surface area contributed by atoms with E-state index in [0.29, 0.717) is 15.8 Å². The van der Waals surface area contributed by atoms with E-state index in [0.717, 1.165) is 22.9 Å². The molecule has 1 amide bonds. The minimum absolute atomic E-state index is 0.120. The average Bonchev–Trinajstić information content (AvgIpc) is 2.95. The van der Waals surface area contributed by atoms with Gasteiger partial charge in [-0.15, -0.1) is 0 Å². The Kier molecular flexibility index (Phi) is 5.87. The lowest BCUT2D eigenvalue weighted by molar-refractivity contribution is -0.138. The van der Waals surface area contributed by atoms with Crippen molar-refractivity contribution in [2.75, 3.05) is 11.9 Å². The van der Waals surface area contributed by atoms with Crippen molar-refractivity contribution in [3.63, 3.8) is 0 Å². The van der Waals surface area contributed by atoms with Crippen molar-refractivity contribution in [3.05, 3.63) is 90.7 Å². The molecule has 8 nitrogen and oxygen atoms in total. The minimum atomic E-state index is -4.88. The van der Waals surface area contributed by atoms with Crippen LogP contribution in [0.2, 0.25) is 5.02 Å². The summed E-state index contributed by atoms with van der Waals surface area (Å²) in [4.78, 5) is 52.0. The molecule has 0 saturated carbocycles. The van der Waals surface area contributed by atoms with Crippen LogP contribution in [0.1, 0.15) is 40.9 Å². The molecule has 1 aromatic heterocycles. The second-order valence-corrected chi connectivity index (χ2v) is 9.26. The minimum Gasteiger partial charge on any atom is -0.477 e. The third kappa shape index (κ3) is 3.89. The van der Waals surface area contributed by atoms with Crippen LogP contribution < -0.4 is 16.1 Å². The molecule has 4 rings (SSSR count). The topological polar surface area (TPSA) is 102 Å². The fourth-order valence-corrected chi connectivity index (χ4v) is 4.68. The van der Waals surface area contributed by atoms with Gasteiger partial charge in [0.05, 0.1) is 28.2 Å². The second-order valence-electron chi connectivity index (χ2n) is 8.85. The third-order valence-electron chi connectivity index (χ3n) is 6.25. The van der Waals surface area contributed by atoms with Crippen LogP contribution in [0.4, 0.5) is 18.9 Å². The van der Waals surface area contributed by atoms with Crippen molar-refractivity contribution in [2.45, 2.75) is 32.0 Å². The van der Waals surface area contributed by atoms with E-state index in [1.54, 1.807) is 27.0 Å². The summed E-state index contributed by atoms with van der Waals surface area (Å²) in [5.41, 5.74) is -4.44. The molecule has 1 aliphatic heterocycles. The number of fused-ring (bicyclic) bond motifs is 1. The second kappa shape index (κ2) is 8.37. The first-order valence-corrected chi connectivity index (χ1v) is 10.9. The van der Waals surface area contributed by atoms with Crippen LogP contribution in [-0.4, -0.2) is 33.2 Å². The Hall–Kier alpha value is -3.86. The normalized spacial score (nSPS) is 14.8. The SMILES string of the molecule is CN1C(=O)C(C)(C)c2ccc(-n3cc(C(=O)O)c(=O)n(Cc4cccc(Cl)c4C(F)(F)F)c3=O)cc21. The first-order valence-electron chi connectivity index (χ1n) is 10.5. The summed E-state index contributed by atoms with van der Waals surface area (Å²) in [5.74, 6) is -1.86. The molecule has 2 aromatic carbocycles. The van der Waals surface area contributed by atoms with E-state index in [4.69, 9.17) is 11.6 Å². The quantitative estimate of drug-likeness (QED) is 0.564. The van der Waals surface area contributed by atoms with Gasteiger partial charge in [-0.05, 0) is 43.2 Å². The Bertz CT molecular complexity index is 1560. The van der Waals surface area contributed by atoms with Gasteiger partial charge in [0.1, 0.15) is 5.56 Å². The number of aromatic carboxylic acids is 1. The molecule has 1 aliphatic rings. The number of carbonyl (C=O) groups excluding carboxylic acids is 1. The molecule has 12 heteroatoms. The van der Waals surface area contributed by atoms with Crippen LogP contribution in [-0.2, 0) is 22.9 Å². The summed E-state index contributed by atoms with van der Waals surface area (Å²) >= 11 is 5.75. The van der Waals surface area contributed by atoms with E-state index >= 15 is 0 Å². The number of rotatable bonds is 4. The fraction of sp³-hybridized carbons (Fsp3) is 0.250. The number of likely N-dealkylation sites (N-methyl/N-ethyl adjacent to an activating group) is 1. The highest BCUT2D eigenvalue weighted by molar-refractivity contribution is 6.31. The van der Waals surface area contributed by atoms with E-state index in [-0.39, 0.29) is 11.6 Å². The highest BCUT2D eigenvalue weighted by Crippen LogP contribution is 2.41. The van der Waals surface area contributed by atoms with Crippen molar-refractivity contribution in [1.29, 1.82) is 0 Å². The smallest absolute Gasteiger partial charge is 0.418 e. The number of carbonyl (C=O) groups is 2. The predicted octanol–water partition coefficient (Wildman–Crippen LogP) is 3.67. The van der Waals surface area contributed by atoms with Crippen molar-refractivity contribution in [3.8, 4) is 5.69 Å². The number of amides is 1. The van der Waals surface area contributed by atoms with Crippen LogP contribution in [0.15, 0.2) is 52.2 Å². The van der Waals surface area contributed by atoms with Crippen molar-refractivity contribution in [1.82, 2.24) is 9.13 Å². The van der Waals surface area contributed by atoms with E-state index in [9.17, 15) is 37.5 Å². The Morgan fingerprint density at radius 3 is 2.39 bits per heavy atom. The fourth-order valence-electron chi connectivity index (χ4n) is 4.38. The maximum absolute atomic E-state index is 13.6. The highest BCUT2D eigenvalue weighted by atomic mass is 35.5. The number of anilines is 1. The number of halogens is 4. The van der Waals surface area contributed by atoms with Gasteiger partial charge in [-0.2, -0.15) is 13.2 Å². The van der Waals surface area contributed by atoms with Gasteiger partial charge in [0, 0.05) is 18.9 Å². The largest absolute Gasteiger partial charge is 0.477 e. The van der Waals surface area contributed by atoms with E-state index < -0.39 is 57.1 Å². The van der Waals surface area contributed by atoms with E-state index in [1.165, 1.54) is 23.1 Å². The third-order valence-corrected chi connectivity index (χ3v) is 6.56. The molecular weight excluding hydrogens is 503 g/mol. The van der Waals surface area contributed by atoms with Gasteiger partial charge in [-0.25, -0.2) is 9.59 Å². The zero-order chi connectivity index (χ0) is 26.7. The molecule has 0 fully saturated rings. The van der Waals surface area contributed by atoms with Gasteiger partial charge in [-0.1, -0.05) is 29.8 Å². The van der Waals surface area contributed by atoms with Crippen LogP contribution in [0, 0.1) is 0 Å². The monoisotopic (exact) mass is 521 g/mol. The molecule has 3 aromatic rings. The van der Waals surface area contributed by atoms with E-state index in [1.807, 2.05) is 0 Å². The van der Waals surface area contributed by atoms with Crippen LogP contribution in [0.5, 0.6) is 0 Å². The Balaban J connectivity index is 1.95. The zero-order valence-electron chi connectivity index (χ0n) is 19.2. The molecule has 0 atom stereocenters. The molecule has 0 radical (unpaired) electrons. The average molecular weight is 522 g/mol. The lowest BCUT2D eigenvalue weighted by Gasteiger charge is -2.17. The van der Waals surface area contributed by atoms with Gasteiger partial charge in [0.2, 0.25) is 5.91 Å². The molecule has 0 saturated heterocycles. The summed E-state index contributed by atoms with van der Waals surface area (Å²) < 4.78 is 42.2. The molecule has 1 N–H and O–H groups in total. The zero-order valence-corrected chi connectivity index (χ0v) is 19.9. The number of hydrogen-bond donors (Lipinski definition) is 1. The lowest BCUT2D eigenvalue weighted by atomic mass is 9.86. The summed E-state index contributed by atoms with van der Waals surface area (Å²) in [6.45, 7) is 2.59. The Labute approximate surface area is 206 Å². The number of hydrogen-bond acceptors (Lipinski definition) is 4. The molecule has 0 aliphatic carbocycles. The standard InChI is InChI=1S/C24H19ClF3N3O5/c1-23(2)15-8-7-13(9-17(15)29(3)21(23)35)30-11-14(20(33)34)19(32)31(22(30)36)10-12-5-4-6-16(25)18(12)24(26,27)28/h4-9,11H,10H2,1-3H3,(H,33,34). The molecular formula is C24H19ClF3N3O5. The van der Waals surface area contributed by atoms with Gasteiger partial charge >= 0.3 is 17.8 Å². The van der Waals surface area contributed by atoms with Crippen LogP contribution >= 0.6 is 11.6 Å². The number of nitrogens with zero attached hydrogens (tertiary/aromatic N) is 3. The van der Waals surface area contributed by atoms with Crippen LogP contribution in [0.3, 0.4) is 0 Å². The molecule has 36 heavy (non-hydrogen) atoms. The van der Waals surface area contributed by atoms with Gasteiger partial charge in [0.25, 0.3) is 5.56 Å². The molecule has 0 unspecified atom stereocenters. The van der Waals surface area contributed by atoms with Gasteiger partial charge in [0.15, 0.2) is 0 Å². The summed E-state index contributed by atoms with van der Waals surface area (Å²) in [5, 5.41) is 8.94. The summed E-state index contributed by atoms with van der Waals surface area (Å²) in [7, 11) is 1.55. The lowest BCUT2D eigenvalue weighted by Crippen LogP contribution is -2.42. The molecule has 0 spiro atoms. The Morgan fingerprint density at radius 1 is 1.11 bits per heavy atom. The first-order chi connectivity index (χ1) is 16.7. The maximum Gasteiger partial charge on any atom is 0.418 e. The van der Waals surface area contributed by atoms with Crippen molar-refractivity contribution in [2.24, 2.45) is 0 Å². The van der Waals surface area contributed by atoms with Crippen molar-refractivity contribution >= 4 is 29.2 Å². The van der Waals surface area contributed by atoms with Gasteiger partial charge in [-0.3, -0.25) is 18.7 Å². The van der Waals surface area contributed by atoms with E-state index in [2.05, 4.69) is 0 Å². The summed E-state index contributed by atoms with van der Waals surface area (Å²) in [6, 6.07) is 7.85. The Morgan fingerprint density at radius 2 is 1.78 bits per heavy atom.